The average Bonchev–Trinajstić information content (AvgIpc) is 3.19. The molecule has 1 atom stereocenters. The highest BCUT2D eigenvalue weighted by molar-refractivity contribution is 6.30. The average molecular weight is 444 g/mol. The minimum atomic E-state index is -0.844. The van der Waals surface area contributed by atoms with Crippen LogP contribution in [-0.4, -0.2) is 72.3 Å². The van der Waals surface area contributed by atoms with Gasteiger partial charge in [0, 0.05) is 60.4 Å². The van der Waals surface area contributed by atoms with Gasteiger partial charge in [-0.05, 0) is 42.5 Å². The molecule has 4 rings (SSSR count). The zero-order valence-electron chi connectivity index (χ0n) is 17.4. The van der Waals surface area contributed by atoms with Crippen LogP contribution in [0.2, 0.25) is 5.02 Å². The van der Waals surface area contributed by atoms with Crippen molar-refractivity contribution in [2.24, 2.45) is 0 Å². The molecule has 7 nitrogen and oxygen atoms in total. The Balaban J connectivity index is 1.37. The van der Waals surface area contributed by atoms with Gasteiger partial charge in [-0.25, -0.2) is 0 Å². The van der Waals surface area contributed by atoms with E-state index >= 15 is 0 Å². The molecule has 3 aromatic rings. The number of aromatic nitrogens is 1. The summed E-state index contributed by atoms with van der Waals surface area (Å²) in [5.41, 5.74) is 1.67. The van der Waals surface area contributed by atoms with Gasteiger partial charge in [-0.1, -0.05) is 11.6 Å². The van der Waals surface area contributed by atoms with Gasteiger partial charge in [-0.15, -0.1) is 0 Å². The molecule has 31 heavy (non-hydrogen) atoms. The molecule has 1 saturated heterocycles. The standard InChI is InChI=1S/C23H26ClN3O4/c1-30-18-6-7-21-19(14-18)20(15-25-21)22(23(28)29)27-10-8-26(9-11-27)12-13-31-17-4-2-16(24)3-5-17/h2-7,14-15,22,25H,8-13H2,1H3,(H,28,29)/t22-/m1/s1. The molecule has 1 aliphatic heterocycles. The summed E-state index contributed by atoms with van der Waals surface area (Å²) in [6, 6.07) is 12.3. The van der Waals surface area contributed by atoms with E-state index in [0.29, 0.717) is 30.5 Å². The lowest BCUT2D eigenvalue weighted by molar-refractivity contribution is -0.144. The number of aliphatic carboxylic acids is 1. The van der Waals surface area contributed by atoms with E-state index in [4.69, 9.17) is 21.1 Å². The zero-order chi connectivity index (χ0) is 21.8. The molecule has 0 bridgehead atoms. The van der Waals surface area contributed by atoms with Crippen LogP contribution in [0, 0.1) is 0 Å². The van der Waals surface area contributed by atoms with Gasteiger partial charge in [-0.2, -0.15) is 0 Å². The van der Waals surface area contributed by atoms with E-state index < -0.39 is 12.0 Å². The molecule has 0 amide bonds. The molecule has 1 fully saturated rings. The van der Waals surface area contributed by atoms with Gasteiger partial charge in [0.1, 0.15) is 24.1 Å². The smallest absolute Gasteiger partial charge is 0.325 e. The zero-order valence-corrected chi connectivity index (χ0v) is 18.1. The minimum absolute atomic E-state index is 0.576. The predicted octanol–water partition coefficient (Wildman–Crippen LogP) is 3.65. The van der Waals surface area contributed by atoms with E-state index in [9.17, 15) is 9.90 Å². The number of benzene rings is 2. The third-order valence-electron chi connectivity index (χ3n) is 5.71. The first-order valence-corrected chi connectivity index (χ1v) is 10.7. The predicted molar refractivity (Wildman–Crippen MR) is 120 cm³/mol. The second-order valence-corrected chi connectivity index (χ2v) is 8.01. The summed E-state index contributed by atoms with van der Waals surface area (Å²) in [7, 11) is 1.61. The van der Waals surface area contributed by atoms with E-state index in [0.717, 1.165) is 41.9 Å². The molecule has 164 valence electrons. The van der Waals surface area contributed by atoms with E-state index in [-0.39, 0.29) is 0 Å². The van der Waals surface area contributed by atoms with Crippen LogP contribution in [0.15, 0.2) is 48.7 Å². The van der Waals surface area contributed by atoms with Crippen LogP contribution in [0.5, 0.6) is 11.5 Å². The van der Waals surface area contributed by atoms with Gasteiger partial charge in [-0.3, -0.25) is 14.6 Å². The number of aromatic amines is 1. The number of rotatable bonds is 8. The summed E-state index contributed by atoms with van der Waals surface area (Å²) in [5.74, 6) is 0.662. The fraction of sp³-hybridized carbons (Fsp3) is 0.348. The van der Waals surface area contributed by atoms with Gasteiger partial charge in [0.2, 0.25) is 0 Å². The number of nitrogens with zero attached hydrogens (tertiary/aromatic N) is 2. The van der Waals surface area contributed by atoms with E-state index in [1.807, 2.05) is 47.4 Å². The number of halogens is 1. The number of ether oxygens (including phenoxy) is 2. The van der Waals surface area contributed by atoms with Crippen molar-refractivity contribution < 1.29 is 19.4 Å². The summed E-state index contributed by atoms with van der Waals surface area (Å²) in [4.78, 5) is 19.7. The molecule has 0 radical (unpaired) electrons. The van der Waals surface area contributed by atoms with Gasteiger partial charge in [0.15, 0.2) is 0 Å². The normalized spacial score (nSPS) is 16.3. The summed E-state index contributed by atoms with van der Waals surface area (Å²) in [6.07, 6.45) is 1.80. The number of methoxy groups -OCH3 is 1. The lowest BCUT2D eigenvalue weighted by Gasteiger charge is -2.37. The molecule has 1 aromatic heterocycles. The molecule has 0 spiro atoms. The van der Waals surface area contributed by atoms with Crippen molar-refractivity contribution in [2.75, 3.05) is 46.4 Å². The quantitative estimate of drug-likeness (QED) is 0.553. The van der Waals surface area contributed by atoms with Crippen molar-refractivity contribution in [3.63, 3.8) is 0 Å². The molecule has 2 aromatic carbocycles. The van der Waals surface area contributed by atoms with E-state index in [2.05, 4.69) is 9.88 Å². The Kier molecular flexibility index (Phi) is 6.65. The highest BCUT2D eigenvalue weighted by atomic mass is 35.5. The van der Waals surface area contributed by atoms with Crippen LogP contribution in [0.4, 0.5) is 0 Å². The first-order valence-electron chi connectivity index (χ1n) is 10.3. The Morgan fingerprint density at radius 3 is 2.52 bits per heavy atom. The maximum absolute atomic E-state index is 12.2. The Morgan fingerprint density at radius 2 is 1.84 bits per heavy atom. The Bertz CT molecular complexity index is 1030. The Hall–Kier alpha value is -2.74. The first kappa shape index (κ1) is 21.5. The summed E-state index contributed by atoms with van der Waals surface area (Å²) < 4.78 is 11.1. The van der Waals surface area contributed by atoms with Crippen molar-refractivity contribution in [1.29, 1.82) is 0 Å². The summed E-state index contributed by atoms with van der Waals surface area (Å²) in [5, 5.41) is 11.6. The molecule has 0 aliphatic carbocycles. The fourth-order valence-corrected chi connectivity index (χ4v) is 4.15. The molecule has 1 aliphatic rings. The molecule has 2 heterocycles. The third kappa shape index (κ3) is 4.95. The van der Waals surface area contributed by atoms with Gasteiger partial charge in [0.05, 0.1) is 7.11 Å². The van der Waals surface area contributed by atoms with Crippen LogP contribution in [0.25, 0.3) is 10.9 Å². The number of hydrogen-bond acceptors (Lipinski definition) is 5. The van der Waals surface area contributed by atoms with Crippen LogP contribution in [0.3, 0.4) is 0 Å². The SMILES string of the molecule is COc1ccc2[nH]cc([C@H](C(=O)O)N3CCN(CCOc4ccc(Cl)cc4)CC3)c2c1. The fourth-order valence-electron chi connectivity index (χ4n) is 4.03. The van der Waals surface area contributed by atoms with Gasteiger partial charge in [0.25, 0.3) is 0 Å². The first-order chi connectivity index (χ1) is 15.0. The van der Waals surface area contributed by atoms with Gasteiger partial charge >= 0.3 is 5.97 Å². The molecule has 0 unspecified atom stereocenters. The van der Waals surface area contributed by atoms with Crippen molar-refractivity contribution in [1.82, 2.24) is 14.8 Å². The van der Waals surface area contributed by atoms with Crippen molar-refractivity contribution >= 4 is 28.5 Å². The number of piperazine rings is 1. The Morgan fingerprint density at radius 1 is 1.13 bits per heavy atom. The third-order valence-corrected chi connectivity index (χ3v) is 5.96. The number of carboxylic acid groups (broad SMARTS) is 1. The number of nitrogens with one attached hydrogen (secondary N) is 1. The second-order valence-electron chi connectivity index (χ2n) is 7.58. The number of carboxylic acids is 1. The van der Waals surface area contributed by atoms with Crippen molar-refractivity contribution in [2.45, 2.75) is 6.04 Å². The Labute approximate surface area is 186 Å². The number of hydrogen-bond donors (Lipinski definition) is 2. The summed E-state index contributed by atoms with van der Waals surface area (Å²) >= 11 is 5.89. The molecule has 2 N–H and O–H groups in total. The molecular formula is C23H26ClN3O4. The lowest BCUT2D eigenvalue weighted by atomic mass is 10.0. The van der Waals surface area contributed by atoms with Gasteiger partial charge < -0.3 is 19.6 Å². The van der Waals surface area contributed by atoms with Crippen LogP contribution < -0.4 is 9.47 Å². The maximum atomic E-state index is 12.2. The van der Waals surface area contributed by atoms with Crippen LogP contribution in [-0.2, 0) is 4.79 Å². The van der Waals surface area contributed by atoms with Crippen molar-refractivity contribution in [3.05, 3.63) is 59.2 Å². The molecular weight excluding hydrogens is 418 g/mol. The lowest BCUT2D eigenvalue weighted by Crippen LogP contribution is -2.50. The topological polar surface area (TPSA) is 78.0 Å². The monoisotopic (exact) mass is 443 g/mol. The largest absolute Gasteiger partial charge is 0.497 e. The number of H-pyrrole nitrogens is 1. The highest BCUT2D eigenvalue weighted by Gasteiger charge is 2.32. The number of carbonyl (C=O) groups is 1. The molecule has 8 heteroatoms. The number of fused-ring (bicyclic) bond motifs is 1. The van der Waals surface area contributed by atoms with E-state index in [1.54, 1.807) is 13.3 Å². The van der Waals surface area contributed by atoms with E-state index in [1.165, 1.54) is 0 Å². The van der Waals surface area contributed by atoms with Crippen LogP contribution >= 0.6 is 11.6 Å². The highest BCUT2D eigenvalue weighted by Crippen LogP contribution is 2.31. The van der Waals surface area contributed by atoms with Crippen LogP contribution in [0.1, 0.15) is 11.6 Å². The second kappa shape index (κ2) is 9.60. The molecule has 0 saturated carbocycles. The minimum Gasteiger partial charge on any atom is -0.497 e. The maximum Gasteiger partial charge on any atom is 0.325 e. The summed E-state index contributed by atoms with van der Waals surface area (Å²) in [6.45, 7) is 4.30. The van der Waals surface area contributed by atoms with Crippen molar-refractivity contribution in [3.8, 4) is 11.5 Å².